The molecule has 4 aromatic carbocycles. The molecule has 4 nitrogen and oxygen atoms in total. The van der Waals surface area contributed by atoms with Gasteiger partial charge in [0, 0.05) is 16.1 Å². The van der Waals surface area contributed by atoms with E-state index in [0.717, 1.165) is 22.1 Å². The van der Waals surface area contributed by atoms with Crippen LogP contribution < -0.4 is 9.64 Å². The third-order valence-electron chi connectivity index (χ3n) is 4.93. The van der Waals surface area contributed by atoms with E-state index in [1.54, 1.807) is 25.3 Å². The number of anilines is 3. The molecule has 0 unspecified atom stereocenters. The number of hydrogen-bond acceptors (Lipinski definition) is 4. The van der Waals surface area contributed by atoms with Gasteiger partial charge in [0.2, 0.25) is 0 Å². The van der Waals surface area contributed by atoms with Crippen molar-refractivity contribution < 1.29 is 14.3 Å². The van der Waals surface area contributed by atoms with Crippen molar-refractivity contribution in [2.45, 2.75) is 0 Å². The van der Waals surface area contributed by atoms with Gasteiger partial charge in [0.25, 0.3) is 0 Å². The van der Waals surface area contributed by atoms with Crippen LogP contribution in [0, 0.1) is 0 Å². The quantitative estimate of drug-likeness (QED) is 0.336. The van der Waals surface area contributed by atoms with E-state index in [0.29, 0.717) is 22.0 Å². The lowest BCUT2D eigenvalue weighted by atomic mass is 10.0. The van der Waals surface area contributed by atoms with Crippen LogP contribution >= 0.6 is 11.6 Å². The second-order valence-electron chi connectivity index (χ2n) is 6.66. The van der Waals surface area contributed by atoms with Gasteiger partial charge in [-0.1, -0.05) is 60.1 Å². The number of para-hydroxylation sites is 1. The summed E-state index contributed by atoms with van der Waals surface area (Å²) in [7, 11) is 3.00. The molecule has 0 spiro atoms. The number of methoxy groups -OCH3 is 2. The molecule has 5 heteroatoms. The molecule has 0 aromatic heterocycles. The first kappa shape index (κ1) is 19.8. The number of ether oxygens (including phenoxy) is 2. The molecule has 0 amide bonds. The Morgan fingerprint density at radius 3 is 2.33 bits per heavy atom. The van der Waals surface area contributed by atoms with E-state index in [1.165, 1.54) is 7.11 Å². The number of nitrogens with zero attached hydrogens (tertiary/aromatic N) is 1. The molecule has 4 rings (SSSR count). The number of carbonyl (C=O) groups excluding carboxylic acids is 1. The van der Waals surface area contributed by atoms with Gasteiger partial charge in [-0.2, -0.15) is 0 Å². The normalized spacial score (nSPS) is 10.6. The third-order valence-corrected chi connectivity index (χ3v) is 5.16. The summed E-state index contributed by atoms with van der Waals surface area (Å²) in [5.41, 5.74) is 2.68. The lowest BCUT2D eigenvalue weighted by molar-refractivity contribution is 0.0601. The standard InChI is InChI=1S/C25H20ClNO3/c1-29-23-15-12-17-8-6-7-11-20(17)24(23)27(19-9-4-3-5-10-19)22-16-18(26)13-14-21(22)25(28)30-2/h3-16H,1-2H3. The third kappa shape index (κ3) is 3.58. The van der Waals surface area contributed by atoms with Gasteiger partial charge in [0.05, 0.1) is 31.2 Å². The highest BCUT2D eigenvalue weighted by Gasteiger charge is 2.24. The summed E-state index contributed by atoms with van der Waals surface area (Å²) < 4.78 is 10.8. The molecular formula is C25H20ClNO3. The largest absolute Gasteiger partial charge is 0.495 e. The average molecular weight is 418 g/mol. The molecule has 150 valence electrons. The Bertz CT molecular complexity index is 1210. The van der Waals surface area contributed by atoms with Crippen LogP contribution in [0.5, 0.6) is 5.75 Å². The number of rotatable bonds is 5. The van der Waals surface area contributed by atoms with Crippen molar-refractivity contribution in [2.75, 3.05) is 19.1 Å². The minimum Gasteiger partial charge on any atom is -0.495 e. The molecule has 0 saturated heterocycles. The predicted octanol–water partition coefficient (Wildman–Crippen LogP) is 6.76. The van der Waals surface area contributed by atoms with Crippen LogP contribution in [0.3, 0.4) is 0 Å². The van der Waals surface area contributed by atoms with E-state index in [9.17, 15) is 4.79 Å². The molecule has 0 aliphatic heterocycles. The second-order valence-corrected chi connectivity index (χ2v) is 7.10. The highest BCUT2D eigenvalue weighted by Crippen LogP contribution is 2.46. The van der Waals surface area contributed by atoms with E-state index in [2.05, 4.69) is 0 Å². The fraction of sp³-hybridized carbons (Fsp3) is 0.0800. The number of hydrogen-bond donors (Lipinski definition) is 0. The highest BCUT2D eigenvalue weighted by atomic mass is 35.5. The Morgan fingerprint density at radius 2 is 1.60 bits per heavy atom. The van der Waals surface area contributed by atoms with Crippen LogP contribution in [0.4, 0.5) is 17.1 Å². The van der Waals surface area contributed by atoms with Crippen molar-refractivity contribution in [1.29, 1.82) is 0 Å². The highest BCUT2D eigenvalue weighted by molar-refractivity contribution is 6.31. The zero-order valence-corrected chi connectivity index (χ0v) is 17.4. The minimum atomic E-state index is -0.443. The Kier molecular flexibility index (Phi) is 5.59. The fourth-order valence-electron chi connectivity index (χ4n) is 3.57. The lowest BCUT2D eigenvalue weighted by Crippen LogP contribution is -2.16. The van der Waals surface area contributed by atoms with Gasteiger partial charge < -0.3 is 14.4 Å². The molecule has 0 atom stereocenters. The van der Waals surface area contributed by atoms with Gasteiger partial charge in [-0.3, -0.25) is 0 Å². The van der Waals surface area contributed by atoms with Crippen LogP contribution in [0.1, 0.15) is 10.4 Å². The van der Waals surface area contributed by atoms with Crippen LogP contribution in [-0.4, -0.2) is 20.2 Å². The average Bonchev–Trinajstić information content (AvgIpc) is 2.79. The first-order chi connectivity index (χ1) is 14.6. The minimum absolute atomic E-state index is 0.403. The van der Waals surface area contributed by atoms with Crippen LogP contribution in [0.15, 0.2) is 84.9 Å². The molecule has 0 radical (unpaired) electrons. The molecule has 0 bridgehead atoms. The van der Waals surface area contributed by atoms with Gasteiger partial charge in [-0.05, 0) is 41.8 Å². The number of benzene rings is 4. The maximum atomic E-state index is 12.6. The summed E-state index contributed by atoms with van der Waals surface area (Å²) in [5, 5.41) is 2.55. The Hall–Kier alpha value is -3.50. The first-order valence-corrected chi connectivity index (χ1v) is 9.80. The van der Waals surface area contributed by atoms with Crippen molar-refractivity contribution in [3.63, 3.8) is 0 Å². The Labute approximate surface area is 180 Å². The predicted molar refractivity (Wildman–Crippen MR) is 122 cm³/mol. The van der Waals surface area contributed by atoms with Gasteiger partial charge in [-0.25, -0.2) is 4.79 Å². The van der Waals surface area contributed by atoms with Gasteiger partial charge in [0.15, 0.2) is 0 Å². The van der Waals surface area contributed by atoms with E-state index >= 15 is 0 Å². The topological polar surface area (TPSA) is 38.8 Å². The molecule has 0 N–H and O–H groups in total. The zero-order chi connectivity index (χ0) is 21.1. The Balaban J connectivity index is 2.11. The summed E-state index contributed by atoms with van der Waals surface area (Å²) in [5.74, 6) is 0.232. The maximum absolute atomic E-state index is 12.6. The van der Waals surface area contributed by atoms with Crippen molar-refractivity contribution in [3.05, 3.63) is 95.5 Å². The monoisotopic (exact) mass is 417 g/mol. The van der Waals surface area contributed by atoms with Gasteiger partial charge >= 0.3 is 5.97 Å². The summed E-state index contributed by atoms with van der Waals surface area (Å²) in [6.45, 7) is 0. The summed E-state index contributed by atoms with van der Waals surface area (Å²) in [4.78, 5) is 14.6. The van der Waals surface area contributed by atoms with Crippen molar-refractivity contribution in [2.24, 2.45) is 0 Å². The summed E-state index contributed by atoms with van der Waals surface area (Å²) in [6, 6.07) is 26.9. The summed E-state index contributed by atoms with van der Waals surface area (Å²) in [6.07, 6.45) is 0. The van der Waals surface area contributed by atoms with Crippen molar-refractivity contribution in [1.82, 2.24) is 0 Å². The van der Waals surface area contributed by atoms with E-state index < -0.39 is 5.97 Å². The SMILES string of the molecule is COC(=O)c1ccc(Cl)cc1N(c1ccccc1)c1c(OC)ccc2ccccc12. The smallest absolute Gasteiger partial charge is 0.339 e. The van der Waals surface area contributed by atoms with E-state index in [1.807, 2.05) is 71.6 Å². The van der Waals surface area contributed by atoms with Crippen molar-refractivity contribution >= 4 is 45.4 Å². The molecular weight excluding hydrogens is 398 g/mol. The second kappa shape index (κ2) is 8.47. The number of halogens is 1. The first-order valence-electron chi connectivity index (χ1n) is 9.43. The molecule has 0 aliphatic carbocycles. The number of carbonyl (C=O) groups is 1. The molecule has 0 fully saturated rings. The van der Waals surface area contributed by atoms with Crippen LogP contribution in [-0.2, 0) is 4.74 Å². The molecule has 0 heterocycles. The maximum Gasteiger partial charge on any atom is 0.339 e. The van der Waals surface area contributed by atoms with E-state index in [-0.39, 0.29) is 0 Å². The number of fused-ring (bicyclic) bond motifs is 1. The summed E-state index contributed by atoms with van der Waals surface area (Å²) >= 11 is 6.37. The zero-order valence-electron chi connectivity index (χ0n) is 16.6. The van der Waals surface area contributed by atoms with Crippen LogP contribution in [0.2, 0.25) is 5.02 Å². The van der Waals surface area contributed by atoms with Crippen molar-refractivity contribution in [3.8, 4) is 5.75 Å². The van der Waals surface area contributed by atoms with Gasteiger partial charge in [-0.15, -0.1) is 0 Å². The number of esters is 1. The molecule has 0 aliphatic rings. The molecule has 30 heavy (non-hydrogen) atoms. The molecule has 4 aromatic rings. The van der Waals surface area contributed by atoms with Crippen LogP contribution in [0.25, 0.3) is 10.8 Å². The van der Waals surface area contributed by atoms with Gasteiger partial charge in [0.1, 0.15) is 5.75 Å². The molecule has 0 saturated carbocycles. The lowest BCUT2D eigenvalue weighted by Gasteiger charge is -2.29. The van der Waals surface area contributed by atoms with E-state index in [4.69, 9.17) is 21.1 Å². The Morgan fingerprint density at radius 1 is 0.867 bits per heavy atom. The fourth-order valence-corrected chi connectivity index (χ4v) is 3.73.